The molecule has 0 heterocycles. The Morgan fingerprint density at radius 3 is 2.64 bits per heavy atom. The van der Waals surface area contributed by atoms with Gasteiger partial charge in [0, 0.05) is 0 Å². The lowest BCUT2D eigenvalue weighted by atomic mass is 10.2. The Labute approximate surface area is 89.5 Å². The average molecular weight is 215 g/mol. The molecule has 0 aliphatic heterocycles. The third kappa shape index (κ3) is 4.61. The second kappa shape index (κ2) is 6.82. The molecule has 1 atom stereocenters. The van der Waals surface area contributed by atoms with Crippen molar-refractivity contribution in [1.82, 2.24) is 0 Å². The maximum Gasteiger partial charge on any atom is 0.0908 e. The minimum atomic E-state index is -0.549. The minimum absolute atomic E-state index is 0.228. The minimum Gasteiger partial charge on any atom is -0.389 e. The lowest BCUT2D eigenvalue weighted by Gasteiger charge is -2.07. The van der Waals surface area contributed by atoms with Gasteiger partial charge in [-0.2, -0.15) is 0 Å². The van der Waals surface area contributed by atoms with E-state index < -0.39 is 6.10 Å². The number of hydrogen-bond acceptors (Lipinski definition) is 2. The zero-order chi connectivity index (χ0) is 10.2. The maximum atomic E-state index is 9.10. The van der Waals surface area contributed by atoms with Gasteiger partial charge in [0.25, 0.3) is 0 Å². The molecule has 1 rings (SSSR count). The Morgan fingerprint density at radius 2 is 2.00 bits per heavy atom. The van der Waals surface area contributed by atoms with E-state index in [1.807, 2.05) is 18.2 Å². The number of halogens is 1. The Bertz CT molecular complexity index is 238. The highest BCUT2D eigenvalue weighted by Crippen LogP contribution is 1.99. The molecular weight excluding hydrogens is 200 g/mol. The van der Waals surface area contributed by atoms with Crippen LogP contribution < -0.4 is 0 Å². The first-order chi connectivity index (χ1) is 6.83. The van der Waals surface area contributed by atoms with Crippen molar-refractivity contribution in [3.8, 4) is 0 Å². The zero-order valence-electron chi connectivity index (χ0n) is 8.03. The van der Waals surface area contributed by atoms with Crippen LogP contribution in [0.25, 0.3) is 0 Å². The number of alkyl halides is 1. The fourth-order valence-corrected chi connectivity index (χ4v) is 1.19. The van der Waals surface area contributed by atoms with Crippen LogP contribution in [0.1, 0.15) is 5.56 Å². The normalized spacial score (nSPS) is 12.7. The average Bonchev–Trinajstić information content (AvgIpc) is 2.25. The highest BCUT2D eigenvalue weighted by Gasteiger charge is 2.00. The van der Waals surface area contributed by atoms with Crippen LogP contribution in [-0.2, 0) is 11.2 Å². The summed E-state index contributed by atoms with van der Waals surface area (Å²) in [6.45, 7) is 0.939. The van der Waals surface area contributed by atoms with Crippen LogP contribution in [0.2, 0.25) is 0 Å². The molecule has 2 nitrogen and oxygen atoms in total. The second-order valence-corrected chi connectivity index (χ2v) is 3.43. The largest absolute Gasteiger partial charge is 0.389 e. The number of benzene rings is 1. The summed E-state index contributed by atoms with van der Waals surface area (Å²) < 4.78 is 5.26. The first kappa shape index (κ1) is 11.5. The lowest BCUT2D eigenvalue weighted by Crippen LogP contribution is -2.17. The van der Waals surface area contributed by atoms with Gasteiger partial charge in [-0.05, 0) is 12.0 Å². The molecule has 1 N–H and O–H groups in total. The molecule has 0 fully saturated rings. The van der Waals surface area contributed by atoms with Gasteiger partial charge in [-0.1, -0.05) is 30.3 Å². The molecule has 0 aliphatic rings. The zero-order valence-corrected chi connectivity index (χ0v) is 8.78. The van der Waals surface area contributed by atoms with E-state index in [0.29, 0.717) is 13.2 Å². The summed E-state index contributed by atoms with van der Waals surface area (Å²) in [5.74, 6) is 0.228. The Hall–Kier alpha value is -0.570. The van der Waals surface area contributed by atoms with Crippen LogP contribution in [0.4, 0.5) is 0 Å². The first-order valence-corrected chi connectivity index (χ1v) is 5.22. The molecule has 1 aromatic rings. The van der Waals surface area contributed by atoms with E-state index in [1.54, 1.807) is 0 Å². The van der Waals surface area contributed by atoms with Crippen LogP contribution >= 0.6 is 11.6 Å². The van der Waals surface area contributed by atoms with Crippen molar-refractivity contribution in [2.24, 2.45) is 0 Å². The van der Waals surface area contributed by atoms with Crippen LogP contribution in [-0.4, -0.2) is 30.3 Å². The number of hydrogen-bond donors (Lipinski definition) is 1. The maximum absolute atomic E-state index is 9.10. The van der Waals surface area contributed by atoms with Crippen LogP contribution in [0, 0.1) is 0 Å². The molecule has 1 aromatic carbocycles. The number of aliphatic hydroxyl groups is 1. The van der Waals surface area contributed by atoms with Crippen molar-refractivity contribution in [2.45, 2.75) is 12.5 Å². The summed E-state index contributed by atoms with van der Waals surface area (Å²) in [6.07, 6.45) is 0.322. The molecule has 3 heteroatoms. The highest BCUT2D eigenvalue weighted by atomic mass is 35.5. The molecule has 0 saturated carbocycles. The Kier molecular flexibility index (Phi) is 5.60. The number of rotatable bonds is 6. The topological polar surface area (TPSA) is 29.5 Å². The number of aliphatic hydroxyl groups excluding tert-OH is 1. The van der Waals surface area contributed by atoms with E-state index in [2.05, 4.69) is 12.1 Å². The van der Waals surface area contributed by atoms with Gasteiger partial charge in [0.1, 0.15) is 0 Å². The molecule has 78 valence electrons. The molecule has 0 saturated heterocycles. The van der Waals surface area contributed by atoms with Crippen molar-refractivity contribution >= 4 is 11.6 Å². The smallest absolute Gasteiger partial charge is 0.0908 e. The van der Waals surface area contributed by atoms with Gasteiger partial charge in [-0.15, -0.1) is 11.6 Å². The van der Waals surface area contributed by atoms with E-state index in [9.17, 15) is 0 Å². The van der Waals surface area contributed by atoms with Crippen LogP contribution in [0.5, 0.6) is 0 Å². The van der Waals surface area contributed by atoms with Crippen LogP contribution in [0.15, 0.2) is 30.3 Å². The predicted octanol–water partition coefficient (Wildman–Crippen LogP) is 1.85. The monoisotopic (exact) mass is 214 g/mol. The number of ether oxygens (including phenoxy) is 1. The van der Waals surface area contributed by atoms with Crippen molar-refractivity contribution in [3.63, 3.8) is 0 Å². The van der Waals surface area contributed by atoms with Gasteiger partial charge in [-0.3, -0.25) is 0 Å². The molecule has 0 bridgehead atoms. The van der Waals surface area contributed by atoms with E-state index >= 15 is 0 Å². The van der Waals surface area contributed by atoms with E-state index in [4.69, 9.17) is 21.4 Å². The van der Waals surface area contributed by atoms with E-state index in [1.165, 1.54) is 5.56 Å². The standard InChI is InChI=1S/C11H15ClO2/c12-8-11(13)9-14-7-6-10-4-2-1-3-5-10/h1-5,11,13H,6-9H2/t11-/m0/s1. The highest BCUT2D eigenvalue weighted by molar-refractivity contribution is 6.18. The third-order valence-electron chi connectivity index (χ3n) is 1.87. The van der Waals surface area contributed by atoms with Crippen molar-refractivity contribution in [3.05, 3.63) is 35.9 Å². The Morgan fingerprint density at radius 1 is 1.29 bits per heavy atom. The molecule has 14 heavy (non-hydrogen) atoms. The second-order valence-electron chi connectivity index (χ2n) is 3.12. The van der Waals surface area contributed by atoms with Gasteiger partial charge in [-0.25, -0.2) is 0 Å². The van der Waals surface area contributed by atoms with Gasteiger partial charge in [0.2, 0.25) is 0 Å². The lowest BCUT2D eigenvalue weighted by molar-refractivity contribution is 0.0494. The molecule has 0 radical (unpaired) electrons. The summed E-state index contributed by atoms with van der Waals surface area (Å²) >= 11 is 5.42. The van der Waals surface area contributed by atoms with Gasteiger partial charge < -0.3 is 9.84 Å². The fraction of sp³-hybridized carbons (Fsp3) is 0.455. The van der Waals surface area contributed by atoms with E-state index in [0.717, 1.165) is 6.42 Å². The first-order valence-electron chi connectivity index (χ1n) is 4.68. The summed E-state index contributed by atoms with van der Waals surface area (Å²) in [6, 6.07) is 10.1. The molecule has 0 amide bonds. The third-order valence-corrected chi connectivity index (χ3v) is 2.22. The summed E-state index contributed by atoms with van der Waals surface area (Å²) in [5, 5.41) is 9.10. The molecule has 0 aromatic heterocycles. The van der Waals surface area contributed by atoms with Crippen LogP contribution in [0.3, 0.4) is 0 Å². The summed E-state index contributed by atoms with van der Waals surface area (Å²) in [7, 11) is 0. The van der Waals surface area contributed by atoms with Gasteiger partial charge >= 0.3 is 0 Å². The summed E-state index contributed by atoms with van der Waals surface area (Å²) in [5.41, 5.74) is 1.24. The SMILES string of the molecule is O[C@@H](CCl)COCCc1ccccc1. The van der Waals surface area contributed by atoms with Gasteiger partial charge in [0.05, 0.1) is 25.2 Å². The van der Waals surface area contributed by atoms with Crippen molar-refractivity contribution in [1.29, 1.82) is 0 Å². The molecule has 0 spiro atoms. The summed E-state index contributed by atoms with van der Waals surface area (Å²) in [4.78, 5) is 0. The fourth-order valence-electron chi connectivity index (χ4n) is 1.10. The quantitative estimate of drug-likeness (QED) is 0.579. The Balaban J connectivity index is 2.10. The van der Waals surface area contributed by atoms with Crippen molar-refractivity contribution in [2.75, 3.05) is 19.1 Å². The molecular formula is C11H15ClO2. The molecule has 0 aliphatic carbocycles. The van der Waals surface area contributed by atoms with Gasteiger partial charge in [0.15, 0.2) is 0 Å². The van der Waals surface area contributed by atoms with E-state index in [-0.39, 0.29) is 5.88 Å². The van der Waals surface area contributed by atoms with Crippen molar-refractivity contribution < 1.29 is 9.84 Å². The molecule has 0 unspecified atom stereocenters. The predicted molar refractivity (Wildman–Crippen MR) is 57.7 cm³/mol.